The average molecular weight is 472 g/mol. The highest BCUT2D eigenvalue weighted by atomic mass is 32.2. The van der Waals surface area contributed by atoms with E-state index in [-0.39, 0.29) is 23.9 Å². The Balaban J connectivity index is 1.56. The number of ether oxygens (including phenoxy) is 1. The van der Waals surface area contributed by atoms with Crippen molar-refractivity contribution in [3.63, 3.8) is 0 Å². The van der Waals surface area contributed by atoms with E-state index in [1.165, 1.54) is 22.5 Å². The number of anilines is 2. The molecule has 0 aliphatic heterocycles. The third-order valence-electron chi connectivity index (χ3n) is 4.64. The molecule has 0 saturated carbocycles. The molecule has 4 aromatic rings. The number of carbonyl (C=O) groups excluding carboxylic acids is 1. The molecule has 4 rings (SSSR count). The van der Waals surface area contributed by atoms with E-state index in [4.69, 9.17) is 15.0 Å². The summed E-state index contributed by atoms with van der Waals surface area (Å²) in [7, 11) is 1.57. The molecule has 0 radical (unpaired) electrons. The standard InChI is InChI=1S/C21H18F2N6O3S/c1-31-13-6-3-11(4-7-13)19-26-20(32-28-19)17-18(24)29(27-21(17)33-2)10-16(30)25-12-5-8-14(22)15(23)9-12/h3-9H,10,24H2,1-2H3,(H,25,30). The van der Waals surface area contributed by atoms with E-state index >= 15 is 0 Å². The Morgan fingerprint density at radius 1 is 1.21 bits per heavy atom. The summed E-state index contributed by atoms with van der Waals surface area (Å²) in [6.45, 7) is -0.266. The van der Waals surface area contributed by atoms with Crippen LogP contribution in [0.2, 0.25) is 0 Å². The lowest BCUT2D eigenvalue weighted by molar-refractivity contribution is -0.116. The van der Waals surface area contributed by atoms with Crippen LogP contribution in [0.3, 0.4) is 0 Å². The van der Waals surface area contributed by atoms with Gasteiger partial charge in [-0.2, -0.15) is 10.1 Å². The van der Waals surface area contributed by atoms with E-state index in [0.29, 0.717) is 27.7 Å². The van der Waals surface area contributed by atoms with Crippen molar-refractivity contribution < 1.29 is 22.8 Å². The Hall–Kier alpha value is -3.93. The number of aromatic nitrogens is 4. The zero-order chi connectivity index (χ0) is 23.5. The SMILES string of the molecule is COc1ccc(-c2noc(-c3c(SC)nn(CC(=O)Nc4ccc(F)c(F)c4)c3N)n2)cc1. The monoisotopic (exact) mass is 472 g/mol. The fraction of sp³-hybridized carbons (Fsp3) is 0.143. The van der Waals surface area contributed by atoms with Gasteiger partial charge in [0.2, 0.25) is 11.7 Å². The Labute approximate surface area is 190 Å². The molecule has 0 spiro atoms. The van der Waals surface area contributed by atoms with E-state index < -0.39 is 17.5 Å². The van der Waals surface area contributed by atoms with Gasteiger partial charge >= 0.3 is 0 Å². The number of carbonyl (C=O) groups is 1. The first-order valence-corrected chi connectivity index (χ1v) is 10.8. The largest absolute Gasteiger partial charge is 0.497 e. The third kappa shape index (κ3) is 4.65. The molecule has 12 heteroatoms. The van der Waals surface area contributed by atoms with Crippen LogP contribution in [-0.4, -0.2) is 39.2 Å². The maximum atomic E-state index is 13.4. The Morgan fingerprint density at radius 2 is 1.97 bits per heavy atom. The van der Waals surface area contributed by atoms with Crippen LogP contribution >= 0.6 is 11.8 Å². The number of thioether (sulfide) groups is 1. The van der Waals surface area contributed by atoms with Crippen LogP contribution in [0.15, 0.2) is 52.0 Å². The van der Waals surface area contributed by atoms with Gasteiger partial charge in [0.15, 0.2) is 11.6 Å². The van der Waals surface area contributed by atoms with Crippen molar-refractivity contribution in [2.75, 3.05) is 24.4 Å². The molecule has 33 heavy (non-hydrogen) atoms. The van der Waals surface area contributed by atoms with Crippen LogP contribution in [0.25, 0.3) is 22.8 Å². The number of nitrogens with two attached hydrogens (primary N) is 1. The number of hydrogen-bond donors (Lipinski definition) is 2. The van der Waals surface area contributed by atoms with Crippen LogP contribution in [0.5, 0.6) is 5.75 Å². The number of rotatable bonds is 7. The molecule has 0 unspecified atom stereocenters. The van der Waals surface area contributed by atoms with Crippen LogP contribution in [0.4, 0.5) is 20.3 Å². The van der Waals surface area contributed by atoms with Crippen LogP contribution < -0.4 is 15.8 Å². The van der Waals surface area contributed by atoms with Gasteiger partial charge in [0.05, 0.1) is 7.11 Å². The van der Waals surface area contributed by atoms with Crippen molar-refractivity contribution in [1.82, 2.24) is 19.9 Å². The molecule has 2 heterocycles. The van der Waals surface area contributed by atoms with Crippen molar-refractivity contribution in [3.05, 3.63) is 54.1 Å². The van der Waals surface area contributed by atoms with Crippen molar-refractivity contribution in [2.24, 2.45) is 0 Å². The number of nitrogens with zero attached hydrogens (tertiary/aromatic N) is 4. The molecule has 0 atom stereocenters. The summed E-state index contributed by atoms with van der Waals surface area (Å²) in [4.78, 5) is 16.8. The molecule has 2 aromatic carbocycles. The third-order valence-corrected chi connectivity index (χ3v) is 5.31. The fourth-order valence-corrected chi connectivity index (χ4v) is 3.59. The average Bonchev–Trinajstić information content (AvgIpc) is 3.41. The zero-order valence-corrected chi connectivity index (χ0v) is 18.3. The highest BCUT2D eigenvalue weighted by Gasteiger charge is 2.24. The molecule has 170 valence electrons. The summed E-state index contributed by atoms with van der Waals surface area (Å²) in [6.07, 6.45) is 1.79. The maximum Gasteiger partial charge on any atom is 0.264 e. The first-order valence-electron chi connectivity index (χ1n) is 9.53. The molecular formula is C21H18F2N6O3S. The Morgan fingerprint density at radius 3 is 2.64 bits per heavy atom. The number of nitrogen functional groups attached to an aromatic ring is 1. The highest BCUT2D eigenvalue weighted by molar-refractivity contribution is 7.98. The van der Waals surface area contributed by atoms with Crippen molar-refractivity contribution in [2.45, 2.75) is 11.6 Å². The van der Waals surface area contributed by atoms with Gasteiger partial charge in [-0.3, -0.25) is 4.79 Å². The molecule has 0 bridgehead atoms. The molecule has 1 amide bonds. The van der Waals surface area contributed by atoms with Gasteiger partial charge in [0.1, 0.15) is 28.7 Å². The van der Waals surface area contributed by atoms with E-state index in [0.717, 1.165) is 12.1 Å². The van der Waals surface area contributed by atoms with Gasteiger partial charge in [-0.15, -0.1) is 11.8 Å². The molecule has 0 fully saturated rings. The number of methoxy groups -OCH3 is 1. The van der Waals surface area contributed by atoms with Gasteiger partial charge in [-0.25, -0.2) is 13.5 Å². The molecule has 0 aliphatic carbocycles. The molecule has 2 aromatic heterocycles. The van der Waals surface area contributed by atoms with Gasteiger partial charge < -0.3 is 20.3 Å². The minimum atomic E-state index is -1.07. The summed E-state index contributed by atoms with van der Waals surface area (Å²) >= 11 is 1.29. The Bertz CT molecular complexity index is 1310. The second-order valence-electron chi connectivity index (χ2n) is 6.76. The predicted octanol–water partition coefficient (Wildman–Crippen LogP) is 3.83. The molecule has 0 aliphatic rings. The summed E-state index contributed by atoms with van der Waals surface area (Å²) in [5.74, 6) is -1.27. The minimum Gasteiger partial charge on any atom is -0.497 e. The topological polar surface area (TPSA) is 121 Å². The Kier molecular flexibility index (Phi) is 6.27. The number of halogens is 2. The van der Waals surface area contributed by atoms with Gasteiger partial charge in [-0.05, 0) is 42.7 Å². The van der Waals surface area contributed by atoms with Crippen LogP contribution in [-0.2, 0) is 11.3 Å². The van der Waals surface area contributed by atoms with Crippen molar-refractivity contribution in [3.8, 4) is 28.6 Å². The van der Waals surface area contributed by atoms with Crippen molar-refractivity contribution >= 4 is 29.2 Å². The number of hydrogen-bond acceptors (Lipinski definition) is 8. The molecule has 3 N–H and O–H groups in total. The lowest BCUT2D eigenvalue weighted by Crippen LogP contribution is -2.20. The second-order valence-corrected chi connectivity index (χ2v) is 7.55. The molecule has 0 saturated heterocycles. The lowest BCUT2D eigenvalue weighted by atomic mass is 10.2. The molecular weight excluding hydrogens is 454 g/mol. The smallest absolute Gasteiger partial charge is 0.264 e. The van der Waals surface area contributed by atoms with Gasteiger partial charge in [0, 0.05) is 17.3 Å². The zero-order valence-electron chi connectivity index (χ0n) is 17.5. The number of benzene rings is 2. The summed E-state index contributed by atoms with van der Waals surface area (Å²) < 4.78 is 38.3. The highest BCUT2D eigenvalue weighted by Crippen LogP contribution is 2.35. The number of nitrogens with one attached hydrogen (secondary N) is 1. The fourth-order valence-electron chi connectivity index (χ4n) is 3.01. The van der Waals surface area contributed by atoms with Crippen molar-refractivity contribution in [1.29, 1.82) is 0 Å². The molecule has 9 nitrogen and oxygen atoms in total. The quantitative estimate of drug-likeness (QED) is 0.389. The summed E-state index contributed by atoms with van der Waals surface area (Å²) in [5.41, 5.74) is 7.46. The summed E-state index contributed by atoms with van der Waals surface area (Å²) in [6, 6.07) is 10.2. The number of amides is 1. The van der Waals surface area contributed by atoms with E-state index in [1.807, 2.05) is 0 Å². The maximum absolute atomic E-state index is 13.4. The first-order chi connectivity index (χ1) is 15.9. The van der Waals surface area contributed by atoms with Gasteiger partial charge in [-0.1, -0.05) is 5.16 Å². The van der Waals surface area contributed by atoms with Gasteiger partial charge in [0.25, 0.3) is 5.89 Å². The van der Waals surface area contributed by atoms with E-state index in [1.54, 1.807) is 37.6 Å². The first kappa shape index (κ1) is 22.3. The normalized spacial score (nSPS) is 10.9. The lowest BCUT2D eigenvalue weighted by Gasteiger charge is -2.07. The summed E-state index contributed by atoms with van der Waals surface area (Å²) in [5, 5.41) is 11.3. The second kappa shape index (κ2) is 9.28. The van der Waals surface area contributed by atoms with Crippen LogP contribution in [0.1, 0.15) is 0 Å². The van der Waals surface area contributed by atoms with Crippen LogP contribution in [0, 0.1) is 11.6 Å². The van der Waals surface area contributed by atoms with E-state index in [2.05, 4.69) is 20.6 Å². The predicted molar refractivity (Wildman–Crippen MR) is 119 cm³/mol. The minimum absolute atomic E-state index is 0.107. The van der Waals surface area contributed by atoms with E-state index in [9.17, 15) is 13.6 Å².